The summed E-state index contributed by atoms with van der Waals surface area (Å²) in [5.41, 5.74) is 2.04. The van der Waals surface area contributed by atoms with Gasteiger partial charge in [0.15, 0.2) is 0 Å². The van der Waals surface area contributed by atoms with Crippen LogP contribution in [0.5, 0.6) is 11.5 Å². The number of methoxy groups -OCH3 is 1. The van der Waals surface area contributed by atoms with Gasteiger partial charge >= 0.3 is 5.97 Å². The van der Waals surface area contributed by atoms with Crippen LogP contribution in [0.2, 0.25) is 0 Å². The molecule has 1 N–H and O–H groups in total. The Kier molecular flexibility index (Phi) is 5.99. The molecule has 0 unspecified atom stereocenters. The molecular formula is C23H20N2O5S. The zero-order chi connectivity index (χ0) is 21.8. The predicted molar refractivity (Wildman–Crippen MR) is 118 cm³/mol. The van der Waals surface area contributed by atoms with Crippen LogP contribution in [0.15, 0.2) is 63.3 Å². The second kappa shape index (κ2) is 9.01. The molecule has 158 valence electrons. The molecule has 0 fully saturated rings. The topological polar surface area (TPSA) is 94.2 Å². The first-order valence-electron chi connectivity index (χ1n) is 9.62. The molecule has 0 spiro atoms. The maximum Gasteiger partial charge on any atom is 0.311 e. The highest BCUT2D eigenvalue weighted by Crippen LogP contribution is 2.27. The van der Waals surface area contributed by atoms with Crippen molar-refractivity contribution >= 4 is 33.4 Å². The molecule has 2 aromatic heterocycles. The number of nitrogens with zero attached hydrogens (tertiary/aromatic N) is 2. The molecule has 7 nitrogen and oxygen atoms in total. The lowest BCUT2D eigenvalue weighted by molar-refractivity contribution is -0.142. The van der Waals surface area contributed by atoms with E-state index in [9.17, 15) is 9.90 Å². The number of thiazole rings is 1. The number of esters is 1. The molecule has 0 amide bonds. The lowest BCUT2D eigenvalue weighted by Crippen LogP contribution is -2.07. The Hall–Kier alpha value is -3.65. The first-order valence-corrected chi connectivity index (χ1v) is 10.5. The fraction of sp³-hybridized carbons (Fsp3) is 0.174. The van der Waals surface area contributed by atoms with Crippen molar-refractivity contribution in [3.8, 4) is 22.8 Å². The number of rotatable bonds is 6. The fourth-order valence-electron chi connectivity index (χ4n) is 3.04. The van der Waals surface area contributed by atoms with E-state index in [1.54, 1.807) is 43.7 Å². The Morgan fingerprint density at radius 3 is 2.74 bits per heavy atom. The Morgan fingerprint density at radius 1 is 1.19 bits per heavy atom. The molecule has 0 aliphatic carbocycles. The van der Waals surface area contributed by atoms with E-state index >= 15 is 0 Å². The van der Waals surface area contributed by atoms with Crippen molar-refractivity contribution in [1.82, 2.24) is 4.98 Å². The minimum absolute atomic E-state index is 0.0998. The van der Waals surface area contributed by atoms with Gasteiger partial charge in [-0.25, -0.2) is 9.98 Å². The molecule has 4 aromatic rings. The second-order valence-electron chi connectivity index (χ2n) is 6.62. The third-order valence-electron chi connectivity index (χ3n) is 4.49. The highest BCUT2D eigenvalue weighted by Gasteiger charge is 2.10. The maximum absolute atomic E-state index is 11.7. The number of phenolic OH excluding ortho intramolecular Hbond substituents is 1. The van der Waals surface area contributed by atoms with Gasteiger partial charge in [0, 0.05) is 22.4 Å². The van der Waals surface area contributed by atoms with Crippen LogP contribution in [0.25, 0.3) is 22.3 Å². The first kappa shape index (κ1) is 20.6. The molecule has 0 radical (unpaired) electrons. The van der Waals surface area contributed by atoms with Crippen LogP contribution in [-0.4, -0.2) is 29.8 Å². The maximum atomic E-state index is 11.7. The lowest BCUT2D eigenvalue weighted by Gasteiger charge is -2.06. The average molecular weight is 436 g/mol. The van der Waals surface area contributed by atoms with E-state index in [2.05, 4.69) is 9.98 Å². The van der Waals surface area contributed by atoms with E-state index in [-0.39, 0.29) is 18.1 Å². The van der Waals surface area contributed by atoms with Gasteiger partial charge in [-0.05, 0) is 49.4 Å². The van der Waals surface area contributed by atoms with Gasteiger partial charge in [-0.1, -0.05) is 0 Å². The van der Waals surface area contributed by atoms with Crippen molar-refractivity contribution in [3.05, 3.63) is 65.0 Å². The van der Waals surface area contributed by atoms with Crippen molar-refractivity contribution in [2.75, 3.05) is 13.7 Å². The highest BCUT2D eigenvalue weighted by atomic mass is 32.1. The van der Waals surface area contributed by atoms with E-state index < -0.39 is 0 Å². The summed E-state index contributed by atoms with van der Waals surface area (Å²) >= 11 is 1.33. The van der Waals surface area contributed by atoms with Crippen LogP contribution in [0.1, 0.15) is 12.6 Å². The molecule has 0 aliphatic rings. The third-order valence-corrected chi connectivity index (χ3v) is 5.27. The summed E-state index contributed by atoms with van der Waals surface area (Å²) in [5.74, 6) is 1.15. The van der Waals surface area contributed by atoms with Gasteiger partial charge < -0.3 is 19.0 Å². The number of hydrogen-bond acceptors (Lipinski definition) is 8. The summed E-state index contributed by atoms with van der Waals surface area (Å²) in [6, 6.07) is 14.2. The van der Waals surface area contributed by atoms with Gasteiger partial charge in [-0.2, -0.15) is 0 Å². The summed E-state index contributed by atoms with van der Waals surface area (Å²) in [4.78, 5) is 20.8. The predicted octanol–water partition coefficient (Wildman–Crippen LogP) is 4.61. The standard InChI is InChI=1S/C23H20N2O5S/c1-3-29-22(27)10-15-13-31-23(24-15)25-19-12-21(14-4-7-17(28-2)8-5-14)30-20-9-6-16(26)11-18(19)20/h4-9,11-13,26H,3,10H2,1-2H3. The molecule has 31 heavy (non-hydrogen) atoms. The van der Waals surface area contributed by atoms with Crippen LogP contribution in [-0.2, 0) is 16.0 Å². The third kappa shape index (κ3) is 4.75. The summed E-state index contributed by atoms with van der Waals surface area (Å²) in [6.45, 7) is 2.10. The van der Waals surface area contributed by atoms with Crippen molar-refractivity contribution < 1.29 is 23.8 Å². The molecule has 0 saturated carbocycles. The Morgan fingerprint density at radius 2 is 2.00 bits per heavy atom. The minimum Gasteiger partial charge on any atom is -0.508 e. The molecule has 0 saturated heterocycles. The number of aromatic hydroxyl groups is 1. The van der Waals surface area contributed by atoms with Crippen molar-refractivity contribution in [2.45, 2.75) is 13.3 Å². The summed E-state index contributed by atoms with van der Waals surface area (Å²) in [6.07, 6.45) is 0.0998. The van der Waals surface area contributed by atoms with Gasteiger partial charge in [0.2, 0.25) is 5.13 Å². The molecule has 0 atom stereocenters. The van der Waals surface area contributed by atoms with E-state index in [1.807, 2.05) is 24.3 Å². The number of hydrogen-bond donors (Lipinski definition) is 1. The second-order valence-corrected chi connectivity index (χ2v) is 7.46. The number of phenols is 1. The normalized spacial score (nSPS) is 11.6. The zero-order valence-corrected chi connectivity index (χ0v) is 17.8. The molecule has 0 aliphatic heterocycles. The monoisotopic (exact) mass is 436 g/mol. The van der Waals surface area contributed by atoms with Crippen LogP contribution in [0, 0.1) is 0 Å². The van der Waals surface area contributed by atoms with Gasteiger partial charge in [0.25, 0.3) is 0 Å². The van der Waals surface area contributed by atoms with Gasteiger partial charge in [0.05, 0.1) is 31.2 Å². The number of ether oxygens (including phenoxy) is 2. The minimum atomic E-state index is -0.324. The largest absolute Gasteiger partial charge is 0.508 e. The highest BCUT2D eigenvalue weighted by molar-refractivity contribution is 7.13. The number of carbonyl (C=O) groups excluding carboxylic acids is 1. The van der Waals surface area contributed by atoms with Gasteiger partial charge in [-0.3, -0.25) is 4.79 Å². The quantitative estimate of drug-likeness (QED) is 0.444. The fourth-order valence-corrected chi connectivity index (χ4v) is 3.74. The first-order chi connectivity index (χ1) is 15.1. The Labute approximate surface area is 182 Å². The number of fused-ring (bicyclic) bond motifs is 1. The molecule has 4 rings (SSSR count). The molecule has 8 heteroatoms. The molecule has 2 heterocycles. The van der Waals surface area contributed by atoms with Gasteiger partial charge in [-0.15, -0.1) is 11.3 Å². The van der Waals surface area contributed by atoms with Gasteiger partial charge in [0.1, 0.15) is 22.8 Å². The summed E-state index contributed by atoms with van der Waals surface area (Å²) in [5, 5.41) is 13.5. The number of carbonyl (C=O) groups is 1. The summed E-state index contributed by atoms with van der Waals surface area (Å²) in [7, 11) is 1.61. The van der Waals surface area contributed by atoms with Crippen molar-refractivity contribution in [3.63, 3.8) is 0 Å². The van der Waals surface area contributed by atoms with Crippen molar-refractivity contribution in [1.29, 1.82) is 0 Å². The zero-order valence-electron chi connectivity index (χ0n) is 17.0. The van der Waals surface area contributed by atoms with E-state index in [0.29, 0.717) is 39.5 Å². The Bertz CT molecular complexity index is 1290. The van der Waals surface area contributed by atoms with Crippen LogP contribution < -0.4 is 10.1 Å². The summed E-state index contributed by atoms with van der Waals surface area (Å²) < 4.78 is 16.2. The van der Waals surface area contributed by atoms with Crippen LogP contribution >= 0.6 is 11.3 Å². The smallest absolute Gasteiger partial charge is 0.311 e. The van der Waals surface area contributed by atoms with E-state index in [4.69, 9.17) is 13.9 Å². The average Bonchev–Trinajstić information content (AvgIpc) is 3.20. The SMILES string of the molecule is CCOC(=O)Cc1csc(N=c2cc(-c3ccc(OC)cc3)oc3ccc(O)cc23)n1. The van der Waals surface area contributed by atoms with Crippen LogP contribution in [0.4, 0.5) is 5.13 Å². The molecular weight excluding hydrogens is 416 g/mol. The number of benzene rings is 2. The van der Waals surface area contributed by atoms with Crippen LogP contribution in [0.3, 0.4) is 0 Å². The lowest BCUT2D eigenvalue weighted by atomic mass is 10.1. The molecule has 2 aromatic carbocycles. The number of aromatic nitrogens is 1. The van der Waals surface area contributed by atoms with E-state index in [1.165, 1.54) is 11.3 Å². The van der Waals surface area contributed by atoms with Crippen molar-refractivity contribution in [2.24, 2.45) is 4.99 Å². The Balaban J connectivity index is 1.79. The van der Waals surface area contributed by atoms with E-state index in [0.717, 1.165) is 11.3 Å². The molecule has 0 bridgehead atoms.